The second kappa shape index (κ2) is 12.5. The molecule has 2 amide bonds. The van der Waals surface area contributed by atoms with Crippen LogP contribution in [-0.4, -0.2) is 44.3 Å². The molecule has 0 saturated heterocycles. The molecule has 2 rings (SSSR count). The SMILES string of the molecule is C=CCNC(=O)[C@@H](C)N(Cc1ccc(Cl)cc1)C(=O)CCc1ccc(S(=O)(=O)NCC)cc1. The molecule has 7 nitrogen and oxygen atoms in total. The van der Waals surface area contributed by atoms with Gasteiger partial charge in [0.05, 0.1) is 4.90 Å². The van der Waals surface area contributed by atoms with Crippen LogP contribution in [0.25, 0.3) is 0 Å². The van der Waals surface area contributed by atoms with Crippen LogP contribution in [0.15, 0.2) is 66.1 Å². The molecule has 2 aromatic carbocycles. The molecule has 0 bridgehead atoms. The van der Waals surface area contributed by atoms with E-state index in [0.717, 1.165) is 11.1 Å². The number of carbonyl (C=O) groups is 2. The lowest BCUT2D eigenvalue weighted by Crippen LogP contribution is -2.47. The largest absolute Gasteiger partial charge is 0.351 e. The van der Waals surface area contributed by atoms with Crippen molar-refractivity contribution in [3.05, 3.63) is 77.3 Å². The summed E-state index contributed by atoms with van der Waals surface area (Å²) < 4.78 is 26.6. The maximum Gasteiger partial charge on any atom is 0.242 e. The first-order chi connectivity index (χ1) is 15.7. The molecule has 0 fully saturated rings. The first-order valence-electron chi connectivity index (χ1n) is 10.7. The zero-order valence-electron chi connectivity index (χ0n) is 18.9. The van der Waals surface area contributed by atoms with E-state index in [4.69, 9.17) is 11.6 Å². The van der Waals surface area contributed by atoms with Crippen molar-refractivity contribution >= 4 is 33.4 Å². The van der Waals surface area contributed by atoms with Crippen LogP contribution in [0.1, 0.15) is 31.4 Å². The van der Waals surface area contributed by atoms with Gasteiger partial charge in [-0.25, -0.2) is 13.1 Å². The first-order valence-corrected chi connectivity index (χ1v) is 12.5. The number of nitrogens with zero attached hydrogens (tertiary/aromatic N) is 1. The van der Waals surface area contributed by atoms with Gasteiger partial charge in [-0.2, -0.15) is 0 Å². The number of amides is 2. The Balaban J connectivity index is 2.12. The van der Waals surface area contributed by atoms with Gasteiger partial charge < -0.3 is 10.2 Å². The summed E-state index contributed by atoms with van der Waals surface area (Å²) in [5.74, 6) is -0.453. The lowest BCUT2D eigenvalue weighted by Gasteiger charge is -2.29. The summed E-state index contributed by atoms with van der Waals surface area (Å²) in [6.07, 6.45) is 2.17. The highest BCUT2D eigenvalue weighted by atomic mass is 35.5. The Labute approximate surface area is 200 Å². The van der Waals surface area contributed by atoms with Crippen LogP contribution in [0.2, 0.25) is 5.02 Å². The molecular weight excluding hydrogens is 462 g/mol. The number of hydrogen-bond acceptors (Lipinski definition) is 4. The van der Waals surface area contributed by atoms with E-state index in [1.54, 1.807) is 44.2 Å². The minimum Gasteiger partial charge on any atom is -0.351 e. The van der Waals surface area contributed by atoms with Gasteiger partial charge in [-0.05, 0) is 48.7 Å². The fourth-order valence-corrected chi connectivity index (χ4v) is 4.36. The number of aryl methyl sites for hydroxylation is 1. The van der Waals surface area contributed by atoms with Gasteiger partial charge in [-0.15, -0.1) is 6.58 Å². The summed E-state index contributed by atoms with van der Waals surface area (Å²) in [4.78, 5) is 27.3. The number of sulfonamides is 1. The highest BCUT2D eigenvalue weighted by Gasteiger charge is 2.25. The molecule has 9 heteroatoms. The Morgan fingerprint density at radius 2 is 1.70 bits per heavy atom. The van der Waals surface area contributed by atoms with E-state index in [0.29, 0.717) is 24.5 Å². The van der Waals surface area contributed by atoms with Crippen LogP contribution in [0, 0.1) is 0 Å². The fourth-order valence-electron chi connectivity index (χ4n) is 3.19. The Bertz CT molecular complexity index is 1050. The second-order valence-corrected chi connectivity index (χ2v) is 9.71. The molecule has 0 radical (unpaired) electrons. The van der Waals surface area contributed by atoms with Crippen molar-refractivity contribution in [3.8, 4) is 0 Å². The van der Waals surface area contributed by atoms with Crippen molar-refractivity contribution in [3.63, 3.8) is 0 Å². The Morgan fingerprint density at radius 1 is 1.09 bits per heavy atom. The molecule has 2 N–H and O–H groups in total. The lowest BCUT2D eigenvalue weighted by molar-refractivity contribution is -0.140. The van der Waals surface area contributed by atoms with E-state index >= 15 is 0 Å². The van der Waals surface area contributed by atoms with E-state index in [1.165, 1.54) is 17.0 Å². The molecule has 0 heterocycles. The number of nitrogens with one attached hydrogen (secondary N) is 2. The molecule has 1 atom stereocenters. The number of benzene rings is 2. The standard InChI is InChI=1S/C24H30ClN3O4S/c1-4-16-26-24(30)18(3)28(17-20-6-11-21(25)12-7-20)23(29)15-10-19-8-13-22(14-9-19)33(31,32)27-5-2/h4,6-9,11-14,18,27H,1,5,10,15-17H2,2-3H3,(H,26,30)/t18-/m1/s1. The van der Waals surface area contributed by atoms with Crippen molar-refractivity contribution in [1.29, 1.82) is 0 Å². The van der Waals surface area contributed by atoms with Crippen LogP contribution in [0.4, 0.5) is 0 Å². The number of carbonyl (C=O) groups excluding carboxylic acids is 2. The molecular formula is C24H30ClN3O4S. The van der Waals surface area contributed by atoms with Gasteiger partial charge in [0.15, 0.2) is 0 Å². The zero-order valence-corrected chi connectivity index (χ0v) is 20.5. The van der Waals surface area contributed by atoms with E-state index < -0.39 is 16.1 Å². The summed E-state index contributed by atoms with van der Waals surface area (Å²) in [5, 5.41) is 3.32. The maximum absolute atomic E-state index is 13.1. The lowest BCUT2D eigenvalue weighted by atomic mass is 10.1. The summed E-state index contributed by atoms with van der Waals surface area (Å²) in [6, 6.07) is 12.9. The number of hydrogen-bond donors (Lipinski definition) is 2. The van der Waals surface area contributed by atoms with Gasteiger partial charge in [0, 0.05) is 31.1 Å². The first kappa shape index (κ1) is 26.6. The molecule has 0 aliphatic carbocycles. The summed E-state index contributed by atoms with van der Waals surface area (Å²) in [6.45, 7) is 7.88. The number of halogens is 1. The van der Waals surface area contributed by atoms with Gasteiger partial charge in [0.25, 0.3) is 0 Å². The minimum atomic E-state index is -3.52. The highest BCUT2D eigenvalue weighted by molar-refractivity contribution is 7.89. The van der Waals surface area contributed by atoms with Crippen LogP contribution in [0.5, 0.6) is 0 Å². The molecule has 0 aromatic heterocycles. The van der Waals surface area contributed by atoms with E-state index in [1.807, 2.05) is 12.1 Å². The Hall–Kier alpha value is -2.68. The van der Waals surface area contributed by atoms with Crippen LogP contribution >= 0.6 is 11.6 Å². The molecule has 178 valence electrons. The topological polar surface area (TPSA) is 95.6 Å². The molecule has 33 heavy (non-hydrogen) atoms. The van der Waals surface area contributed by atoms with Crippen molar-refractivity contribution in [2.45, 2.75) is 44.2 Å². The van der Waals surface area contributed by atoms with Crippen molar-refractivity contribution in [2.75, 3.05) is 13.1 Å². The smallest absolute Gasteiger partial charge is 0.242 e. The fraction of sp³-hybridized carbons (Fsp3) is 0.333. The van der Waals surface area contributed by atoms with Gasteiger partial charge in [0.2, 0.25) is 21.8 Å². The van der Waals surface area contributed by atoms with Crippen LogP contribution < -0.4 is 10.0 Å². The predicted octanol–water partition coefficient (Wildman–Crippen LogP) is 3.29. The van der Waals surface area contributed by atoms with Crippen molar-refractivity contribution < 1.29 is 18.0 Å². The number of rotatable bonds is 12. The molecule has 2 aromatic rings. The summed E-state index contributed by atoms with van der Waals surface area (Å²) in [5.41, 5.74) is 1.68. The third-order valence-electron chi connectivity index (χ3n) is 5.05. The highest BCUT2D eigenvalue weighted by Crippen LogP contribution is 2.16. The quantitative estimate of drug-likeness (QED) is 0.445. The third-order valence-corrected chi connectivity index (χ3v) is 6.86. The molecule has 0 aliphatic heterocycles. The van der Waals surface area contributed by atoms with E-state index in [2.05, 4.69) is 16.6 Å². The normalized spacial score (nSPS) is 12.1. The predicted molar refractivity (Wildman–Crippen MR) is 130 cm³/mol. The van der Waals surface area contributed by atoms with Gasteiger partial charge in [-0.1, -0.05) is 48.9 Å². The molecule has 0 unspecified atom stereocenters. The monoisotopic (exact) mass is 491 g/mol. The van der Waals surface area contributed by atoms with E-state index in [-0.39, 0.29) is 29.7 Å². The van der Waals surface area contributed by atoms with Crippen LogP contribution in [0.3, 0.4) is 0 Å². The van der Waals surface area contributed by atoms with Gasteiger partial charge in [-0.3, -0.25) is 9.59 Å². The molecule has 0 saturated carbocycles. The van der Waals surface area contributed by atoms with Gasteiger partial charge in [0.1, 0.15) is 6.04 Å². The average molecular weight is 492 g/mol. The average Bonchev–Trinajstić information content (AvgIpc) is 2.80. The minimum absolute atomic E-state index is 0.173. The zero-order chi connectivity index (χ0) is 24.4. The van der Waals surface area contributed by atoms with Crippen molar-refractivity contribution in [1.82, 2.24) is 14.9 Å². The summed E-state index contributed by atoms with van der Waals surface area (Å²) >= 11 is 5.96. The summed E-state index contributed by atoms with van der Waals surface area (Å²) in [7, 11) is -3.52. The maximum atomic E-state index is 13.1. The third kappa shape index (κ3) is 7.99. The Kier molecular flexibility index (Phi) is 10.1. The molecule has 0 spiro atoms. The van der Waals surface area contributed by atoms with E-state index in [9.17, 15) is 18.0 Å². The van der Waals surface area contributed by atoms with Crippen molar-refractivity contribution in [2.24, 2.45) is 0 Å². The second-order valence-electron chi connectivity index (χ2n) is 7.50. The Morgan fingerprint density at radius 3 is 2.27 bits per heavy atom. The molecule has 0 aliphatic rings. The van der Waals surface area contributed by atoms with Crippen LogP contribution in [-0.2, 0) is 32.6 Å². The van der Waals surface area contributed by atoms with Gasteiger partial charge >= 0.3 is 0 Å².